The molecule has 0 aliphatic heterocycles. The molecule has 2 N–H and O–H groups in total. The average molecular weight is 254 g/mol. The molecule has 0 aliphatic rings. The summed E-state index contributed by atoms with van der Waals surface area (Å²) in [6, 6.07) is 2.40. The topological polar surface area (TPSA) is 26.0 Å². The second-order valence-electron chi connectivity index (χ2n) is 2.50. The molecule has 0 saturated carbocycles. The second kappa shape index (κ2) is 4.11. The highest BCUT2D eigenvalue weighted by Gasteiger charge is 2.22. The van der Waals surface area contributed by atoms with Gasteiger partial charge in [0.15, 0.2) is 0 Å². The quantitative estimate of drug-likeness (QED) is 0.862. The van der Waals surface area contributed by atoms with E-state index in [1.54, 1.807) is 0 Å². The van der Waals surface area contributed by atoms with Gasteiger partial charge in [-0.15, -0.1) is 0 Å². The van der Waals surface area contributed by atoms with E-state index in [4.69, 9.17) is 5.73 Å². The van der Waals surface area contributed by atoms with Crippen molar-refractivity contribution < 1.29 is 13.2 Å². The summed E-state index contributed by atoms with van der Waals surface area (Å²) in [4.78, 5) is 0. The lowest BCUT2D eigenvalue weighted by Crippen LogP contribution is -2.20. The first-order valence-corrected chi connectivity index (χ1v) is 4.31. The Morgan fingerprint density at radius 2 is 1.92 bits per heavy atom. The van der Waals surface area contributed by atoms with Crippen LogP contribution in [0.2, 0.25) is 0 Å². The van der Waals surface area contributed by atoms with Crippen molar-refractivity contribution in [3.8, 4) is 0 Å². The number of halogens is 4. The molecule has 0 saturated heterocycles. The molecule has 0 aliphatic carbocycles. The van der Waals surface area contributed by atoms with Crippen LogP contribution in [0.4, 0.5) is 13.2 Å². The molecule has 1 aromatic carbocycles. The fourth-order valence-electron chi connectivity index (χ4n) is 0.955. The Morgan fingerprint density at radius 1 is 1.31 bits per heavy atom. The highest BCUT2D eigenvalue weighted by atomic mass is 79.9. The van der Waals surface area contributed by atoms with E-state index in [0.717, 1.165) is 6.07 Å². The van der Waals surface area contributed by atoms with E-state index in [0.29, 0.717) is 0 Å². The summed E-state index contributed by atoms with van der Waals surface area (Å²) in [5.74, 6) is -0.720. The molecule has 0 spiro atoms. The van der Waals surface area contributed by atoms with Gasteiger partial charge in [0.05, 0.1) is 6.04 Å². The molecule has 0 unspecified atom stereocenters. The van der Waals surface area contributed by atoms with Crippen LogP contribution in [-0.4, -0.2) is 6.43 Å². The van der Waals surface area contributed by atoms with Gasteiger partial charge in [-0.1, -0.05) is 22.0 Å². The molecule has 1 nitrogen and oxygen atoms in total. The summed E-state index contributed by atoms with van der Waals surface area (Å²) in [7, 11) is 0. The minimum atomic E-state index is -2.77. The average Bonchev–Trinajstić information content (AvgIpc) is 2.03. The highest BCUT2D eigenvalue weighted by Crippen LogP contribution is 2.28. The van der Waals surface area contributed by atoms with Crippen LogP contribution in [0.3, 0.4) is 0 Å². The zero-order valence-electron chi connectivity index (χ0n) is 6.48. The standard InChI is InChI=1S/C8H7BrF3N/c9-4-2-1-3-5(10)6(4)7(13)8(11)12/h1-3,7-8H,13H2/t7-/m0/s1. The molecule has 72 valence electrons. The van der Waals surface area contributed by atoms with Crippen LogP contribution in [0.25, 0.3) is 0 Å². The van der Waals surface area contributed by atoms with Crippen LogP contribution in [0.1, 0.15) is 11.6 Å². The summed E-state index contributed by atoms with van der Waals surface area (Å²) in [6.07, 6.45) is -2.77. The van der Waals surface area contributed by atoms with E-state index in [1.165, 1.54) is 12.1 Å². The van der Waals surface area contributed by atoms with Crippen molar-refractivity contribution in [2.45, 2.75) is 12.5 Å². The van der Waals surface area contributed by atoms with E-state index in [1.807, 2.05) is 0 Å². The number of hydrogen-bond acceptors (Lipinski definition) is 1. The van der Waals surface area contributed by atoms with Gasteiger partial charge in [0, 0.05) is 10.0 Å². The van der Waals surface area contributed by atoms with Gasteiger partial charge in [-0.05, 0) is 12.1 Å². The predicted molar refractivity (Wildman–Crippen MR) is 47.0 cm³/mol. The molecule has 1 atom stereocenters. The summed E-state index contributed by atoms with van der Waals surface area (Å²) in [5.41, 5.74) is 4.94. The van der Waals surface area contributed by atoms with E-state index in [9.17, 15) is 13.2 Å². The third-order valence-corrected chi connectivity index (χ3v) is 2.30. The number of benzene rings is 1. The fraction of sp³-hybridized carbons (Fsp3) is 0.250. The Labute approximate surface area is 81.9 Å². The van der Waals surface area contributed by atoms with Gasteiger partial charge in [0.1, 0.15) is 5.82 Å². The van der Waals surface area contributed by atoms with Crippen LogP contribution in [0.5, 0.6) is 0 Å². The van der Waals surface area contributed by atoms with Gasteiger partial charge in [0.2, 0.25) is 0 Å². The molecule has 1 aromatic rings. The molecular formula is C8H7BrF3N. The number of hydrogen-bond donors (Lipinski definition) is 1. The lowest BCUT2D eigenvalue weighted by Gasteiger charge is -2.13. The Morgan fingerprint density at radius 3 is 2.38 bits per heavy atom. The van der Waals surface area contributed by atoms with Gasteiger partial charge < -0.3 is 5.73 Å². The molecule has 0 radical (unpaired) electrons. The molecule has 0 amide bonds. The van der Waals surface area contributed by atoms with Gasteiger partial charge in [-0.2, -0.15) is 0 Å². The largest absolute Gasteiger partial charge is 0.319 e. The monoisotopic (exact) mass is 253 g/mol. The van der Waals surface area contributed by atoms with Crippen molar-refractivity contribution >= 4 is 15.9 Å². The first kappa shape index (κ1) is 10.5. The van der Waals surface area contributed by atoms with Gasteiger partial charge >= 0.3 is 0 Å². The third kappa shape index (κ3) is 2.22. The Bertz CT molecular complexity index is 283. The Kier molecular flexibility index (Phi) is 3.33. The molecule has 5 heteroatoms. The molecular weight excluding hydrogens is 247 g/mol. The second-order valence-corrected chi connectivity index (χ2v) is 3.35. The molecule has 13 heavy (non-hydrogen) atoms. The normalized spacial score (nSPS) is 13.4. The van der Waals surface area contributed by atoms with Crippen molar-refractivity contribution in [3.63, 3.8) is 0 Å². The summed E-state index contributed by atoms with van der Waals surface area (Å²) >= 11 is 2.96. The summed E-state index contributed by atoms with van der Waals surface area (Å²) in [5, 5.41) is 0. The van der Waals surface area contributed by atoms with Crippen LogP contribution < -0.4 is 5.73 Å². The predicted octanol–water partition coefficient (Wildman–Crippen LogP) is 2.85. The first-order chi connectivity index (χ1) is 6.04. The zero-order valence-corrected chi connectivity index (χ0v) is 8.06. The number of rotatable bonds is 2. The molecule has 0 heterocycles. The van der Waals surface area contributed by atoms with Crippen LogP contribution in [-0.2, 0) is 0 Å². The summed E-state index contributed by atoms with van der Waals surface area (Å²) in [6.45, 7) is 0. The summed E-state index contributed by atoms with van der Waals surface area (Å²) < 4.78 is 37.6. The Hall–Kier alpha value is -0.550. The Balaban J connectivity index is 3.12. The van der Waals surface area contributed by atoms with Crippen LogP contribution in [0.15, 0.2) is 22.7 Å². The molecule has 0 fully saturated rings. The van der Waals surface area contributed by atoms with Crippen molar-refractivity contribution in [2.24, 2.45) is 5.73 Å². The van der Waals surface area contributed by atoms with E-state index in [-0.39, 0.29) is 10.0 Å². The van der Waals surface area contributed by atoms with Crippen LogP contribution in [0, 0.1) is 5.82 Å². The van der Waals surface area contributed by atoms with Crippen molar-refractivity contribution in [3.05, 3.63) is 34.1 Å². The van der Waals surface area contributed by atoms with E-state index in [2.05, 4.69) is 15.9 Å². The lowest BCUT2D eigenvalue weighted by atomic mass is 10.1. The van der Waals surface area contributed by atoms with Gasteiger partial charge in [0.25, 0.3) is 6.43 Å². The van der Waals surface area contributed by atoms with Gasteiger partial charge in [-0.25, -0.2) is 13.2 Å². The van der Waals surface area contributed by atoms with Gasteiger partial charge in [-0.3, -0.25) is 0 Å². The molecule has 0 aromatic heterocycles. The van der Waals surface area contributed by atoms with Crippen molar-refractivity contribution in [1.29, 1.82) is 0 Å². The highest BCUT2D eigenvalue weighted by molar-refractivity contribution is 9.10. The molecule has 1 rings (SSSR count). The maximum absolute atomic E-state index is 13.0. The smallest absolute Gasteiger partial charge is 0.257 e. The minimum absolute atomic E-state index is 0.183. The molecule has 0 bridgehead atoms. The number of nitrogens with two attached hydrogens (primary N) is 1. The van der Waals surface area contributed by atoms with Crippen LogP contribution >= 0.6 is 15.9 Å². The van der Waals surface area contributed by atoms with Crippen molar-refractivity contribution in [2.75, 3.05) is 0 Å². The maximum Gasteiger partial charge on any atom is 0.257 e. The lowest BCUT2D eigenvalue weighted by molar-refractivity contribution is 0.114. The number of alkyl halides is 2. The van der Waals surface area contributed by atoms with Crippen molar-refractivity contribution in [1.82, 2.24) is 0 Å². The minimum Gasteiger partial charge on any atom is -0.319 e. The SMILES string of the molecule is N[C@@H](c1c(F)cccc1Br)C(F)F. The zero-order chi connectivity index (χ0) is 10.0. The third-order valence-electron chi connectivity index (χ3n) is 1.60. The van der Waals surface area contributed by atoms with E-state index < -0.39 is 18.3 Å². The maximum atomic E-state index is 13.0. The first-order valence-electron chi connectivity index (χ1n) is 3.51. The fourth-order valence-corrected chi connectivity index (χ4v) is 1.56. The van der Waals surface area contributed by atoms with E-state index >= 15 is 0 Å².